The smallest absolute Gasteiger partial charge is 0.205 e. The lowest BCUT2D eigenvalue weighted by Crippen LogP contribution is -2.00. The maximum atomic E-state index is 5.74. The summed E-state index contributed by atoms with van der Waals surface area (Å²) in [5, 5.41) is 6.55. The number of aromatic nitrogens is 1. The maximum Gasteiger partial charge on any atom is 0.205 e. The van der Waals surface area contributed by atoms with Crippen LogP contribution in [-0.2, 0) is 0 Å². The van der Waals surface area contributed by atoms with E-state index in [1.54, 1.807) is 18.7 Å². The van der Waals surface area contributed by atoms with E-state index in [1.165, 1.54) is 11.3 Å². The number of benzene rings is 1. The molecule has 124 valence electrons. The number of thiazole rings is 1. The van der Waals surface area contributed by atoms with Crippen molar-refractivity contribution in [3.63, 3.8) is 0 Å². The molecule has 0 saturated carbocycles. The molecule has 1 aromatic heterocycles. The molecule has 23 heavy (non-hydrogen) atoms. The minimum atomic E-state index is 0.476. The van der Waals surface area contributed by atoms with Crippen LogP contribution in [0.25, 0.3) is 0 Å². The Kier molecular flexibility index (Phi) is 6.66. The molecule has 0 spiro atoms. The number of nitrogens with one attached hydrogen (secondary N) is 1. The Balaban J connectivity index is 2.09. The van der Waals surface area contributed by atoms with Gasteiger partial charge in [-0.25, -0.2) is 4.98 Å². The van der Waals surface area contributed by atoms with Crippen LogP contribution in [0.5, 0.6) is 11.5 Å². The van der Waals surface area contributed by atoms with Crippen molar-refractivity contribution in [1.29, 1.82) is 0 Å². The number of hydrogen-bond donors (Lipinski definition) is 2. The van der Waals surface area contributed by atoms with Crippen molar-refractivity contribution in [2.24, 2.45) is 5.10 Å². The third-order valence-corrected chi connectivity index (χ3v) is 4.38. The molecule has 3 N–H and O–H groups in total. The van der Waals surface area contributed by atoms with Crippen LogP contribution in [0.4, 0.5) is 10.9 Å². The lowest BCUT2D eigenvalue weighted by molar-refractivity contribution is 0.288. The van der Waals surface area contributed by atoms with Crippen LogP contribution in [0, 0.1) is 0 Å². The molecule has 1 aromatic carbocycles. The normalized spacial score (nSPS) is 10.9. The highest BCUT2D eigenvalue weighted by Gasteiger charge is 2.09. The largest absolute Gasteiger partial charge is 0.493 e. The molecule has 2 aromatic rings. The van der Waals surface area contributed by atoms with Crippen LogP contribution in [0.3, 0.4) is 0 Å². The summed E-state index contributed by atoms with van der Waals surface area (Å²) in [4.78, 5) is 4.07. The predicted molar refractivity (Wildman–Crippen MR) is 98.8 cm³/mol. The van der Waals surface area contributed by atoms with Gasteiger partial charge in [0.25, 0.3) is 0 Å². The van der Waals surface area contributed by atoms with Crippen molar-refractivity contribution < 1.29 is 9.47 Å². The second kappa shape index (κ2) is 8.73. The van der Waals surface area contributed by atoms with Crippen molar-refractivity contribution in [3.8, 4) is 11.5 Å². The number of rotatable bonds is 8. The second-order valence-electron chi connectivity index (χ2n) is 4.67. The number of ether oxygens (including phenoxy) is 2. The average molecular weight is 399 g/mol. The zero-order valence-electron chi connectivity index (χ0n) is 13.0. The van der Waals surface area contributed by atoms with E-state index in [1.807, 2.05) is 12.1 Å². The molecule has 8 heteroatoms. The summed E-state index contributed by atoms with van der Waals surface area (Å²) in [5.41, 5.74) is 9.26. The van der Waals surface area contributed by atoms with Crippen molar-refractivity contribution in [3.05, 3.63) is 27.5 Å². The topological polar surface area (TPSA) is 81.8 Å². The minimum absolute atomic E-state index is 0.476. The lowest BCUT2D eigenvalue weighted by Gasteiger charge is -2.12. The summed E-state index contributed by atoms with van der Waals surface area (Å²) in [6.45, 7) is 2.79. The molecule has 2 rings (SSSR count). The van der Waals surface area contributed by atoms with Crippen LogP contribution in [0.1, 0.15) is 25.3 Å². The van der Waals surface area contributed by atoms with E-state index in [0.29, 0.717) is 29.1 Å². The average Bonchev–Trinajstić information content (AvgIpc) is 2.95. The second-order valence-corrected chi connectivity index (χ2v) is 6.39. The Morgan fingerprint density at radius 3 is 2.91 bits per heavy atom. The molecule has 0 aliphatic heterocycles. The summed E-state index contributed by atoms with van der Waals surface area (Å²) in [5.74, 6) is 1.86. The van der Waals surface area contributed by atoms with E-state index in [-0.39, 0.29) is 0 Å². The molecule has 1 heterocycles. The molecule has 0 aliphatic rings. The number of nitrogens with two attached hydrogens (primary N) is 1. The number of unbranched alkanes of at least 4 members (excludes halogenated alkanes) is 1. The van der Waals surface area contributed by atoms with Crippen LogP contribution >= 0.6 is 27.3 Å². The van der Waals surface area contributed by atoms with Gasteiger partial charge in [0.15, 0.2) is 11.5 Å². The maximum absolute atomic E-state index is 5.74. The van der Waals surface area contributed by atoms with E-state index in [4.69, 9.17) is 15.2 Å². The third kappa shape index (κ3) is 5.11. The molecule has 0 saturated heterocycles. The summed E-state index contributed by atoms with van der Waals surface area (Å²) in [6, 6.07) is 3.75. The van der Waals surface area contributed by atoms with Gasteiger partial charge in [-0.2, -0.15) is 5.10 Å². The highest BCUT2D eigenvalue weighted by molar-refractivity contribution is 9.10. The molecular formula is C15H19BrN4O2S. The van der Waals surface area contributed by atoms with E-state index in [2.05, 4.69) is 38.4 Å². The Labute approximate surface area is 147 Å². The van der Waals surface area contributed by atoms with Crippen LogP contribution < -0.4 is 20.6 Å². The van der Waals surface area contributed by atoms with Gasteiger partial charge in [0.1, 0.15) is 5.82 Å². The summed E-state index contributed by atoms with van der Waals surface area (Å²) >= 11 is 4.92. The Morgan fingerprint density at radius 2 is 2.26 bits per heavy atom. The van der Waals surface area contributed by atoms with Gasteiger partial charge in [-0.15, -0.1) is 11.3 Å². The first-order valence-corrected chi connectivity index (χ1v) is 8.81. The highest BCUT2D eigenvalue weighted by atomic mass is 79.9. The zero-order valence-corrected chi connectivity index (χ0v) is 15.4. The number of nitrogens with zero attached hydrogens (tertiary/aromatic N) is 2. The molecule has 0 aliphatic carbocycles. The molecule has 0 unspecified atom stereocenters. The lowest BCUT2D eigenvalue weighted by atomic mass is 10.2. The molecule has 0 fully saturated rings. The number of methoxy groups -OCH3 is 1. The Hall–Kier alpha value is -1.80. The van der Waals surface area contributed by atoms with Gasteiger partial charge in [0.05, 0.1) is 19.9 Å². The van der Waals surface area contributed by atoms with E-state index in [9.17, 15) is 0 Å². The van der Waals surface area contributed by atoms with Crippen molar-refractivity contribution >= 4 is 44.4 Å². The minimum Gasteiger partial charge on any atom is -0.493 e. The van der Waals surface area contributed by atoms with Gasteiger partial charge in [-0.1, -0.05) is 13.3 Å². The quantitative estimate of drug-likeness (QED) is 0.397. The van der Waals surface area contributed by atoms with Gasteiger partial charge < -0.3 is 15.2 Å². The molecule has 0 atom stereocenters. The fourth-order valence-electron chi connectivity index (χ4n) is 1.74. The molecule has 0 bridgehead atoms. The highest BCUT2D eigenvalue weighted by Crippen LogP contribution is 2.33. The number of halogens is 1. The Bertz CT molecular complexity index is 675. The van der Waals surface area contributed by atoms with Gasteiger partial charge in [-0.05, 0) is 34.5 Å². The van der Waals surface area contributed by atoms with Crippen molar-refractivity contribution in [1.82, 2.24) is 4.98 Å². The Morgan fingerprint density at radius 1 is 1.43 bits per heavy atom. The van der Waals surface area contributed by atoms with E-state index >= 15 is 0 Å². The third-order valence-electron chi connectivity index (χ3n) is 2.92. The van der Waals surface area contributed by atoms with Crippen molar-refractivity contribution in [2.45, 2.75) is 19.8 Å². The SMILES string of the molecule is CCCCOc1cc(Br)c(C=NNc2nc(N)cs2)cc1OC. The molecular weight excluding hydrogens is 380 g/mol. The first kappa shape index (κ1) is 17.6. The monoisotopic (exact) mass is 398 g/mol. The van der Waals surface area contributed by atoms with Gasteiger partial charge in [0.2, 0.25) is 5.13 Å². The first-order valence-electron chi connectivity index (χ1n) is 7.14. The fraction of sp³-hybridized carbons (Fsp3) is 0.333. The number of hydrazone groups is 1. The zero-order chi connectivity index (χ0) is 16.7. The summed E-state index contributed by atoms with van der Waals surface area (Å²) < 4.78 is 12.0. The predicted octanol–water partition coefficient (Wildman–Crippen LogP) is 4.12. The van der Waals surface area contributed by atoms with Crippen LogP contribution in [-0.4, -0.2) is 24.9 Å². The number of hydrogen-bond acceptors (Lipinski definition) is 7. The van der Waals surface area contributed by atoms with E-state index in [0.717, 1.165) is 22.9 Å². The van der Waals surface area contributed by atoms with E-state index < -0.39 is 0 Å². The van der Waals surface area contributed by atoms with Crippen molar-refractivity contribution in [2.75, 3.05) is 24.9 Å². The molecule has 0 radical (unpaired) electrons. The van der Waals surface area contributed by atoms with Gasteiger partial charge in [0, 0.05) is 15.4 Å². The fourth-order valence-corrected chi connectivity index (χ4v) is 2.72. The molecule has 0 amide bonds. The summed E-state index contributed by atoms with van der Waals surface area (Å²) in [7, 11) is 1.62. The summed E-state index contributed by atoms with van der Waals surface area (Å²) in [6.07, 6.45) is 3.77. The van der Waals surface area contributed by atoms with Gasteiger partial charge in [-0.3, -0.25) is 5.43 Å². The van der Waals surface area contributed by atoms with Crippen LogP contribution in [0.15, 0.2) is 27.1 Å². The number of anilines is 2. The number of nitrogen functional groups attached to an aromatic ring is 1. The van der Waals surface area contributed by atoms with Crippen LogP contribution in [0.2, 0.25) is 0 Å². The first-order chi connectivity index (χ1) is 11.1. The van der Waals surface area contributed by atoms with Gasteiger partial charge >= 0.3 is 0 Å². The standard InChI is InChI=1S/C15H19BrN4O2S/c1-3-4-5-22-13-7-11(16)10(6-12(13)21-2)8-18-20-15-19-14(17)9-23-15/h6-9H,3-5,17H2,1-2H3,(H,19,20). The molecule has 6 nitrogen and oxygen atoms in total.